The molecule has 1 N–H and O–H groups in total. The topological polar surface area (TPSA) is 125 Å². The highest BCUT2D eigenvalue weighted by Crippen LogP contribution is 2.45. The van der Waals surface area contributed by atoms with Crippen LogP contribution in [0.4, 0.5) is 11.5 Å². The van der Waals surface area contributed by atoms with Gasteiger partial charge in [0.1, 0.15) is 11.6 Å². The monoisotopic (exact) mass is 711 g/mol. The minimum absolute atomic E-state index is 0.00801. The molecule has 2 amide bonds. The van der Waals surface area contributed by atoms with Gasteiger partial charge in [-0.2, -0.15) is 0 Å². The molecule has 3 aliphatic rings. The normalized spacial score (nSPS) is 17.2. The molecule has 52 heavy (non-hydrogen) atoms. The average Bonchev–Trinajstić information content (AvgIpc) is 3.82. The average molecular weight is 712 g/mol. The first kappa shape index (κ1) is 37.1. The number of amides is 2. The summed E-state index contributed by atoms with van der Waals surface area (Å²) in [4.78, 5) is 54.7. The van der Waals surface area contributed by atoms with Gasteiger partial charge in [-0.25, -0.2) is 9.97 Å². The van der Waals surface area contributed by atoms with Crippen molar-refractivity contribution in [2.24, 2.45) is 17.3 Å². The van der Waals surface area contributed by atoms with E-state index in [-0.39, 0.29) is 29.6 Å². The molecule has 11 nitrogen and oxygen atoms in total. The predicted molar refractivity (Wildman–Crippen MR) is 201 cm³/mol. The van der Waals surface area contributed by atoms with Crippen LogP contribution >= 0.6 is 0 Å². The molecule has 0 radical (unpaired) electrons. The molecular formula is C41H53N5O6. The highest BCUT2D eigenvalue weighted by Gasteiger charge is 2.34. The lowest BCUT2D eigenvalue weighted by molar-refractivity contribution is -0.137. The lowest BCUT2D eigenvalue weighted by Crippen LogP contribution is -2.41. The van der Waals surface area contributed by atoms with Crippen molar-refractivity contribution in [1.82, 2.24) is 14.9 Å². The summed E-state index contributed by atoms with van der Waals surface area (Å²) >= 11 is 0. The number of aryl methyl sites for hydroxylation is 1. The smallest absolute Gasteiger partial charge is 0.303 e. The Kier molecular flexibility index (Phi) is 11.4. The molecule has 6 rings (SSSR count). The largest absolute Gasteiger partial charge is 0.497 e. The number of benzene rings is 1. The van der Waals surface area contributed by atoms with Crippen molar-refractivity contribution in [2.45, 2.75) is 78.6 Å². The highest BCUT2D eigenvalue weighted by atomic mass is 16.5. The number of ether oxygens (including phenoxy) is 2. The number of hydrogen-bond donors (Lipinski definition) is 1. The summed E-state index contributed by atoms with van der Waals surface area (Å²) in [5.74, 6) is 1.41. The van der Waals surface area contributed by atoms with Gasteiger partial charge in [0.15, 0.2) is 0 Å². The van der Waals surface area contributed by atoms with Gasteiger partial charge in [0.25, 0.3) is 11.8 Å². The molecule has 1 unspecified atom stereocenters. The summed E-state index contributed by atoms with van der Waals surface area (Å²) in [6.45, 7) is 12.0. The first-order valence-corrected chi connectivity index (χ1v) is 18.7. The van der Waals surface area contributed by atoms with Crippen molar-refractivity contribution in [2.75, 3.05) is 56.2 Å². The Labute approximate surface area is 307 Å². The Morgan fingerprint density at radius 3 is 2.37 bits per heavy atom. The number of hydrogen-bond acceptors (Lipinski definition) is 8. The van der Waals surface area contributed by atoms with E-state index in [0.717, 1.165) is 76.0 Å². The van der Waals surface area contributed by atoms with Crippen LogP contribution in [0.3, 0.4) is 0 Å². The minimum atomic E-state index is -0.781. The summed E-state index contributed by atoms with van der Waals surface area (Å²) in [6.07, 6.45) is 7.70. The maximum Gasteiger partial charge on any atom is 0.303 e. The third-order valence-corrected chi connectivity index (χ3v) is 10.4. The zero-order valence-electron chi connectivity index (χ0n) is 31.3. The lowest BCUT2D eigenvalue weighted by Gasteiger charge is -2.36. The number of nitrogens with zero attached hydrogens (tertiary/aromatic N) is 5. The van der Waals surface area contributed by atoms with Crippen LogP contribution in [0.5, 0.6) is 11.6 Å². The first-order chi connectivity index (χ1) is 24.9. The van der Waals surface area contributed by atoms with E-state index >= 15 is 0 Å². The maximum atomic E-state index is 14.7. The molecule has 3 fully saturated rings. The van der Waals surface area contributed by atoms with Crippen molar-refractivity contribution in [3.05, 3.63) is 71.0 Å². The summed E-state index contributed by atoms with van der Waals surface area (Å²) in [6, 6.07) is 13.0. The van der Waals surface area contributed by atoms with Gasteiger partial charge in [-0.05, 0) is 105 Å². The molecule has 2 saturated heterocycles. The quantitative estimate of drug-likeness (QED) is 0.200. The van der Waals surface area contributed by atoms with Crippen molar-refractivity contribution >= 4 is 29.3 Å². The molecule has 2 aliphatic heterocycles. The van der Waals surface area contributed by atoms with E-state index in [4.69, 9.17) is 14.5 Å². The molecule has 278 valence electrons. The van der Waals surface area contributed by atoms with Gasteiger partial charge >= 0.3 is 5.97 Å². The number of carbonyl (C=O) groups is 3. The van der Waals surface area contributed by atoms with Crippen LogP contribution in [-0.2, 0) is 4.79 Å². The molecule has 4 heterocycles. The Morgan fingerprint density at radius 1 is 0.981 bits per heavy atom. The summed E-state index contributed by atoms with van der Waals surface area (Å²) in [5, 5.41) is 9.45. The zero-order valence-corrected chi connectivity index (χ0v) is 31.3. The van der Waals surface area contributed by atoms with Crippen molar-refractivity contribution in [1.29, 1.82) is 0 Å². The van der Waals surface area contributed by atoms with Gasteiger partial charge in [0, 0.05) is 62.3 Å². The number of anilines is 2. The molecule has 1 aromatic carbocycles. The fourth-order valence-electron chi connectivity index (χ4n) is 7.49. The highest BCUT2D eigenvalue weighted by molar-refractivity contribution is 6.10. The number of carbonyl (C=O) groups excluding carboxylic acids is 2. The zero-order chi connectivity index (χ0) is 37.0. The molecule has 1 saturated carbocycles. The van der Waals surface area contributed by atoms with Crippen LogP contribution in [0.1, 0.15) is 104 Å². The number of aromatic nitrogens is 2. The van der Waals surface area contributed by atoms with Gasteiger partial charge in [0.2, 0.25) is 5.88 Å². The van der Waals surface area contributed by atoms with Gasteiger partial charge in [-0.15, -0.1) is 0 Å². The fraction of sp³-hybridized carbons (Fsp3) is 0.537. The van der Waals surface area contributed by atoms with E-state index in [1.54, 1.807) is 24.3 Å². The summed E-state index contributed by atoms with van der Waals surface area (Å²) in [5.41, 5.74) is 3.35. The van der Waals surface area contributed by atoms with Crippen LogP contribution in [0.2, 0.25) is 0 Å². The second-order valence-electron chi connectivity index (χ2n) is 15.9. The number of piperidine rings is 1. The Bertz CT molecular complexity index is 1750. The van der Waals surface area contributed by atoms with E-state index in [0.29, 0.717) is 59.3 Å². The number of carboxylic acids is 1. The molecule has 2 aromatic heterocycles. The van der Waals surface area contributed by atoms with Gasteiger partial charge in [-0.1, -0.05) is 20.8 Å². The molecule has 1 atom stereocenters. The number of rotatable bonds is 13. The third-order valence-electron chi connectivity index (χ3n) is 10.4. The maximum absolute atomic E-state index is 14.7. The predicted octanol–water partition coefficient (Wildman–Crippen LogP) is 6.99. The molecule has 11 heteroatoms. The number of carboxylic acid groups (broad SMARTS) is 1. The van der Waals surface area contributed by atoms with E-state index < -0.39 is 5.97 Å². The third kappa shape index (κ3) is 9.21. The number of likely N-dealkylation sites (tertiary alicyclic amines) is 1. The molecule has 0 bridgehead atoms. The van der Waals surface area contributed by atoms with Gasteiger partial charge in [0.05, 0.1) is 31.4 Å². The van der Waals surface area contributed by atoms with Gasteiger partial charge < -0.3 is 24.4 Å². The Hall–Kier alpha value is -4.67. The standard InChI is InChI=1S/C41H53N5O6/c1-27-20-31(39(49)45-16-6-7-17-45)21-36(43-27)46(26-41(2,3)4)40(50)33-11-10-32(51-5)23-35(33)44-18-13-28(14-19-44)25-52-37-22-30(12-15-42-37)34(24-38(47)48)29-8-9-29/h10-12,15,20-23,28-29,34H,6-9,13-14,16-19,24-26H2,1-5H3,(H,47,48). The summed E-state index contributed by atoms with van der Waals surface area (Å²) < 4.78 is 11.8. The Balaban J connectivity index is 1.18. The van der Waals surface area contributed by atoms with Crippen LogP contribution in [-0.4, -0.2) is 84.2 Å². The van der Waals surface area contributed by atoms with Crippen LogP contribution in [0.15, 0.2) is 48.7 Å². The van der Waals surface area contributed by atoms with Crippen LogP contribution in [0, 0.1) is 24.2 Å². The molecule has 3 aromatic rings. The SMILES string of the molecule is COc1ccc(C(=O)N(CC(C)(C)C)c2cc(C(=O)N3CCCC3)cc(C)n2)c(N2CCC(COc3cc(C(CC(=O)O)C4CC4)ccn3)CC2)c1. The fourth-order valence-corrected chi connectivity index (χ4v) is 7.49. The number of methoxy groups -OCH3 is 1. The lowest BCUT2D eigenvalue weighted by atomic mass is 9.92. The summed E-state index contributed by atoms with van der Waals surface area (Å²) in [7, 11) is 1.63. The molecule has 0 spiro atoms. The van der Waals surface area contributed by atoms with Crippen LogP contribution < -0.4 is 19.3 Å². The molecular weight excluding hydrogens is 658 g/mol. The van der Waals surface area contributed by atoms with E-state index in [1.165, 1.54) is 0 Å². The van der Waals surface area contributed by atoms with E-state index in [1.807, 2.05) is 48.2 Å². The second kappa shape index (κ2) is 15.9. The van der Waals surface area contributed by atoms with Gasteiger partial charge in [-0.3, -0.25) is 19.3 Å². The minimum Gasteiger partial charge on any atom is -0.497 e. The van der Waals surface area contributed by atoms with E-state index in [2.05, 4.69) is 30.7 Å². The first-order valence-electron chi connectivity index (χ1n) is 18.7. The second-order valence-corrected chi connectivity index (χ2v) is 15.9. The van der Waals surface area contributed by atoms with Crippen molar-refractivity contribution in [3.8, 4) is 11.6 Å². The Morgan fingerprint density at radius 2 is 1.71 bits per heavy atom. The van der Waals surface area contributed by atoms with Crippen molar-refractivity contribution in [3.63, 3.8) is 0 Å². The van der Waals surface area contributed by atoms with Crippen LogP contribution in [0.25, 0.3) is 0 Å². The number of aliphatic carboxylic acids is 1. The van der Waals surface area contributed by atoms with E-state index in [9.17, 15) is 19.5 Å². The molecule has 1 aliphatic carbocycles. The number of pyridine rings is 2. The van der Waals surface area contributed by atoms with Crippen molar-refractivity contribution < 1.29 is 29.0 Å².